The maximum absolute atomic E-state index is 13.1. The lowest BCUT2D eigenvalue weighted by Gasteiger charge is -2.38. The van der Waals surface area contributed by atoms with Crippen LogP contribution in [0.5, 0.6) is 0 Å². The van der Waals surface area contributed by atoms with E-state index in [2.05, 4.69) is 27.1 Å². The third-order valence-electron chi connectivity index (χ3n) is 5.16. The van der Waals surface area contributed by atoms with E-state index in [1.165, 1.54) is 6.07 Å². The van der Waals surface area contributed by atoms with E-state index in [4.69, 9.17) is 0 Å². The molecule has 1 aliphatic rings. The van der Waals surface area contributed by atoms with Gasteiger partial charge in [-0.1, -0.05) is 13.3 Å². The second kappa shape index (κ2) is 8.16. The molecule has 0 aliphatic carbocycles. The van der Waals surface area contributed by atoms with Gasteiger partial charge in [0.25, 0.3) is 5.56 Å². The zero-order chi connectivity index (χ0) is 20.5. The van der Waals surface area contributed by atoms with Crippen LogP contribution < -0.4 is 10.9 Å². The van der Waals surface area contributed by atoms with Crippen molar-refractivity contribution < 1.29 is 13.2 Å². The van der Waals surface area contributed by atoms with E-state index in [0.717, 1.165) is 38.5 Å². The van der Waals surface area contributed by atoms with Crippen molar-refractivity contribution in [3.63, 3.8) is 0 Å². The molecule has 2 aromatic rings. The largest absolute Gasteiger partial charge is 0.433 e. The molecule has 154 valence electrons. The minimum absolute atomic E-state index is 0.113. The van der Waals surface area contributed by atoms with Gasteiger partial charge in [0, 0.05) is 32.2 Å². The summed E-state index contributed by atoms with van der Waals surface area (Å²) < 4.78 is 40.8. The van der Waals surface area contributed by atoms with Crippen LogP contribution >= 0.6 is 0 Å². The molecule has 1 fully saturated rings. The minimum Gasteiger partial charge on any atom is -0.312 e. The van der Waals surface area contributed by atoms with Crippen molar-refractivity contribution in [2.24, 2.45) is 0 Å². The highest BCUT2D eigenvalue weighted by atomic mass is 19.4. The van der Waals surface area contributed by atoms with E-state index in [9.17, 15) is 18.0 Å². The minimum atomic E-state index is -4.58. The van der Waals surface area contributed by atoms with Gasteiger partial charge in [0.2, 0.25) is 0 Å². The van der Waals surface area contributed by atoms with Crippen molar-refractivity contribution >= 4 is 11.0 Å². The molecule has 1 saturated heterocycles. The Hall–Kier alpha value is -2.00. The topological polar surface area (TPSA) is 63.1 Å². The van der Waals surface area contributed by atoms with E-state index in [-0.39, 0.29) is 22.6 Å². The molecule has 9 heteroatoms. The molecular formula is C19H26F3N5O. The SMILES string of the molecule is CCCC(c1nc2nc(C(F)(F)F)ccc2c(=O)n1CC)N1CCN[C@@H](C)C1. The number of hydrogen-bond acceptors (Lipinski definition) is 5. The molecule has 3 rings (SSSR count). The van der Waals surface area contributed by atoms with E-state index in [1.54, 1.807) is 4.57 Å². The molecule has 0 amide bonds. The van der Waals surface area contributed by atoms with Gasteiger partial charge in [-0.15, -0.1) is 0 Å². The first-order chi connectivity index (χ1) is 13.3. The Morgan fingerprint density at radius 1 is 1.29 bits per heavy atom. The number of fused-ring (bicyclic) bond motifs is 1. The normalized spacial score (nSPS) is 19.9. The fraction of sp³-hybridized carbons (Fsp3) is 0.632. The Bertz CT molecular complexity index is 895. The van der Waals surface area contributed by atoms with Crippen molar-refractivity contribution in [3.05, 3.63) is 34.0 Å². The lowest BCUT2D eigenvalue weighted by molar-refractivity contribution is -0.141. The number of alkyl halides is 3. The number of hydrogen-bond donors (Lipinski definition) is 1. The summed E-state index contributed by atoms with van der Waals surface area (Å²) in [5.74, 6) is 0.503. The fourth-order valence-electron chi connectivity index (χ4n) is 3.83. The highest BCUT2D eigenvalue weighted by molar-refractivity contribution is 5.73. The highest BCUT2D eigenvalue weighted by Crippen LogP contribution is 2.29. The Balaban J connectivity index is 2.17. The Kier molecular flexibility index (Phi) is 6.04. The molecule has 2 aromatic heterocycles. The first-order valence-electron chi connectivity index (χ1n) is 9.72. The summed E-state index contributed by atoms with van der Waals surface area (Å²) in [5.41, 5.74) is -1.51. The molecule has 1 unspecified atom stereocenters. The third-order valence-corrected chi connectivity index (χ3v) is 5.16. The highest BCUT2D eigenvalue weighted by Gasteiger charge is 2.34. The number of piperazine rings is 1. The Labute approximate surface area is 161 Å². The average Bonchev–Trinajstić information content (AvgIpc) is 2.65. The van der Waals surface area contributed by atoms with Gasteiger partial charge < -0.3 is 5.32 Å². The zero-order valence-corrected chi connectivity index (χ0v) is 16.4. The summed E-state index contributed by atoms with van der Waals surface area (Å²) in [6, 6.07) is 2.18. The molecule has 0 spiro atoms. The van der Waals surface area contributed by atoms with Crippen LogP contribution in [0.3, 0.4) is 0 Å². The van der Waals surface area contributed by atoms with Gasteiger partial charge in [-0.25, -0.2) is 9.97 Å². The maximum atomic E-state index is 13.1. The van der Waals surface area contributed by atoms with Gasteiger partial charge >= 0.3 is 6.18 Å². The number of pyridine rings is 1. The van der Waals surface area contributed by atoms with E-state index >= 15 is 0 Å². The number of halogens is 3. The van der Waals surface area contributed by atoms with Crippen LogP contribution in [0.25, 0.3) is 11.0 Å². The van der Waals surface area contributed by atoms with Gasteiger partial charge in [0.05, 0.1) is 11.4 Å². The van der Waals surface area contributed by atoms with Crippen LogP contribution in [0.4, 0.5) is 13.2 Å². The van der Waals surface area contributed by atoms with Crippen LogP contribution in [-0.4, -0.2) is 45.1 Å². The Morgan fingerprint density at radius 3 is 2.64 bits per heavy atom. The molecule has 0 bridgehead atoms. The summed E-state index contributed by atoms with van der Waals surface area (Å²) in [5, 5.41) is 3.50. The molecule has 3 heterocycles. The second-order valence-electron chi connectivity index (χ2n) is 7.24. The summed E-state index contributed by atoms with van der Waals surface area (Å²) >= 11 is 0. The number of nitrogens with zero attached hydrogens (tertiary/aromatic N) is 4. The third kappa shape index (κ3) is 4.05. The van der Waals surface area contributed by atoms with Crippen LogP contribution in [0.2, 0.25) is 0 Å². The average molecular weight is 397 g/mol. The number of aromatic nitrogens is 3. The summed E-state index contributed by atoms with van der Waals surface area (Å²) in [6.07, 6.45) is -2.94. The van der Waals surface area contributed by atoms with Crippen molar-refractivity contribution in [2.75, 3.05) is 19.6 Å². The molecule has 0 saturated carbocycles. The monoisotopic (exact) mass is 397 g/mol. The molecule has 0 aromatic carbocycles. The quantitative estimate of drug-likeness (QED) is 0.841. The van der Waals surface area contributed by atoms with E-state index in [0.29, 0.717) is 18.4 Å². The first-order valence-corrected chi connectivity index (χ1v) is 9.72. The van der Waals surface area contributed by atoms with E-state index < -0.39 is 11.9 Å². The molecule has 2 atom stereocenters. The maximum Gasteiger partial charge on any atom is 0.433 e. The molecule has 28 heavy (non-hydrogen) atoms. The Morgan fingerprint density at radius 2 is 2.04 bits per heavy atom. The smallest absolute Gasteiger partial charge is 0.312 e. The second-order valence-corrected chi connectivity index (χ2v) is 7.24. The molecular weight excluding hydrogens is 371 g/mol. The van der Waals surface area contributed by atoms with Crippen molar-refractivity contribution in [2.45, 2.75) is 58.4 Å². The van der Waals surface area contributed by atoms with Gasteiger partial charge in [-0.3, -0.25) is 14.3 Å². The van der Waals surface area contributed by atoms with Crippen LogP contribution in [0.15, 0.2) is 16.9 Å². The first kappa shape index (κ1) is 20.7. The van der Waals surface area contributed by atoms with Gasteiger partial charge in [0.1, 0.15) is 11.5 Å². The predicted octanol–water partition coefficient (Wildman–Crippen LogP) is 2.97. The summed E-state index contributed by atoms with van der Waals surface area (Å²) in [4.78, 5) is 23.4. The van der Waals surface area contributed by atoms with Crippen LogP contribution in [0, 0.1) is 0 Å². The van der Waals surface area contributed by atoms with Gasteiger partial charge in [-0.05, 0) is 32.4 Å². The molecule has 1 N–H and O–H groups in total. The zero-order valence-electron chi connectivity index (χ0n) is 16.4. The molecule has 1 aliphatic heterocycles. The summed E-state index contributed by atoms with van der Waals surface area (Å²) in [7, 11) is 0. The summed E-state index contributed by atoms with van der Waals surface area (Å²) in [6.45, 7) is 8.79. The van der Waals surface area contributed by atoms with Crippen molar-refractivity contribution in [1.82, 2.24) is 24.8 Å². The van der Waals surface area contributed by atoms with Gasteiger partial charge in [-0.2, -0.15) is 13.2 Å². The fourth-order valence-corrected chi connectivity index (χ4v) is 3.83. The van der Waals surface area contributed by atoms with Crippen LogP contribution in [-0.2, 0) is 12.7 Å². The molecule has 0 radical (unpaired) electrons. The standard InChI is InChI=1S/C19H26F3N5O/c1-4-6-14(26-10-9-23-12(3)11-26)17-25-16-13(18(28)27(17)5-2)7-8-15(24-16)19(20,21)22/h7-8,12,14,23H,4-6,9-11H2,1-3H3/t12-,14?/m0/s1. The number of nitrogens with one attached hydrogen (secondary N) is 1. The lowest BCUT2D eigenvalue weighted by atomic mass is 10.1. The van der Waals surface area contributed by atoms with Gasteiger partial charge in [0.15, 0.2) is 5.65 Å². The van der Waals surface area contributed by atoms with Crippen molar-refractivity contribution in [3.8, 4) is 0 Å². The molecule has 6 nitrogen and oxygen atoms in total. The lowest BCUT2D eigenvalue weighted by Crippen LogP contribution is -2.51. The van der Waals surface area contributed by atoms with Crippen LogP contribution in [0.1, 0.15) is 51.2 Å². The number of rotatable bonds is 5. The predicted molar refractivity (Wildman–Crippen MR) is 101 cm³/mol. The van der Waals surface area contributed by atoms with E-state index in [1.807, 2.05) is 13.8 Å². The van der Waals surface area contributed by atoms with Crippen molar-refractivity contribution in [1.29, 1.82) is 0 Å².